The first-order valence-electron chi connectivity index (χ1n) is 6.27. The highest BCUT2D eigenvalue weighted by atomic mass is 32.1. The van der Waals surface area contributed by atoms with Crippen LogP contribution in [0, 0.1) is 0 Å². The molecule has 0 radical (unpaired) electrons. The van der Waals surface area contributed by atoms with Crippen molar-refractivity contribution in [3.63, 3.8) is 0 Å². The summed E-state index contributed by atoms with van der Waals surface area (Å²) in [6.45, 7) is 1.78. The number of likely N-dealkylation sites (N-methyl/N-ethyl adjacent to an activating group) is 1. The van der Waals surface area contributed by atoms with E-state index < -0.39 is 0 Å². The van der Waals surface area contributed by atoms with Gasteiger partial charge in [-0.25, -0.2) is 4.98 Å². The maximum absolute atomic E-state index is 5.56. The van der Waals surface area contributed by atoms with Gasteiger partial charge >= 0.3 is 0 Å². The van der Waals surface area contributed by atoms with Crippen LogP contribution in [0.4, 0.5) is 5.69 Å². The van der Waals surface area contributed by atoms with Crippen molar-refractivity contribution in [2.45, 2.75) is 12.8 Å². The topological polar surface area (TPSA) is 42.2 Å². The minimum Gasteiger partial charge on any atom is -0.374 e. The molecule has 2 heterocycles. The van der Waals surface area contributed by atoms with Crippen LogP contribution in [0.25, 0.3) is 10.6 Å². The van der Waals surface area contributed by atoms with Gasteiger partial charge in [0.05, 0.1) is 5.69 Å². The van der Waals surface area contributed by atoms with E-state index in [2.05, 4.69) is 40.5 Å². The zero-order chi connectivity index (χ0) is 12.5. The third-order valence-electron chi connectivity index (χ3n) is 3.41. The lowest BCUT2D eigenvalue weighted by atomic mass is 10.1. The Kier molecular flexibility index (Phi) is 3.06. The molecular formula is C14H17N3S. The van der Waals surface area contributed by atoms with E-state index in [0.29, 0.717) is 6.54 Å². The van der Waals surface area contributed by atoms with Crippen LogP contribution >= 0.6 is 11.3 Å². The lowest BCUT2D eigenvalue weighted by Gasteiger charge is -2.11. The summed E-state index contributed by atoms with van der Waals surface area (Å²) in [5.74, 6) is 0. The van der Waals surface area contributed by atoms with E-state index >= 15 is 0 Å². The van der Waals surface area contributed by atoms with Crippen molar-refractivity contribution in [3.05, 3.63) is 34.8 Å². The Morgan fingerprint density at radius 2 is 2.33 bits per heavy atom. The van der Waals surface area contributed by atoms with Crippen molar-refractivity contribution >= 4 is 17.0 Å². The summed E-state index contributed by atoms with van der Waals surface area (Å²) in [5, 5.41) is 3.22. The average molecular weight is 259 g/mol. The molecule has 0 bridgehead atoms. The maximum Gasteiger partial charge on any atom is 0.123 e. The molecule has 4 heteroatoms. The molecule has 0 saturated carbocycles. The molecule has 3 nitrogen and oxygen atoms in total. The number of rotatable bonds is 3. The molecule has 0 amide bonds. The highest BCUT2D eigenvalue weighted by Gasteiger charge is 2.16. The Bertz CT molecular complexity index is 562. The van der Waals surface area contributed by atoms with Crippen molar-refractivity contribution in [3.8, 4) is 10.6 Å². The van der Waals surface area contributed by atoms with Gasteiger partial charge in [-0.15, -0.1) is 11.3 Å². The van der Waals surface area contributed by atoms with E-state index in [1.807, 2.05) is 0 Å². The number of nitrogens with two attached hydrogens (primary N) is 1. The fraction of sp³-hybridized carbons (Fsp3) is 0.357. The second-order valence-corrected chi connectivity index (χ2v) is 5.56. The molecular weight excluding hydrogens is 242 g/mol. The molecule has 1 aliphatic heterocycles. The van der Waals surface area contributed by atoms with E-state index in [1.165, 1.54) is 16.8 Å². The molecule has 2 N–H and O–H groups in total. The van der Waals surface area contributed by atoms with Crippen LogP contribution in [0.1, 0.15) is 11.3 Å². The Labute approximate surface area is 111 Å². The van der Waals surface area contributed by atoms with Crippen LogP contribution in [-0.2, 0) is 12.8 Å². The van der Waals surface area contributed by atoms with Crippen LogP contribution < -0.4 is 10.6 Å². The van der Waals surface area contributed by atoms with Gasteiger partial charge in [-0.1, -0.05) is 0 Å². The first-order chi connectivity index (χ1) is 8.78. The standard InChI is InChI=1S/C14H17N3S/c1-17-7-5-10-8-11(2-3-13(10)17)14-16-12(4-6-15)9-18-14/h2-3,8-9H,4-7,15H2,1H3. The molecule has 0 atom stereocenters. The highest BCUT2D eigenvalue weighted by Crippen LogP contribution is 2.32. The largest absolute Gasteiger partial charge is 0.374 e. The Hall–Kier alpha value is -1.39. The van der Waals surface area contributed by atoms with Gasteiger partial charge < -0.3 is 10.6 Å². The van der Waals surface area contributed by atoms with E-state index in [-0.39, 0.29) is 0 Å². The molecule has 18 heavy (non-hydrogen) atoms. The summed E-state index contributed by atoms with van der Waals surface area (Å²) in [5.41, 5.74) is 10.7. The predicted molar refractivity (Wildman–Crippen MR) is 77.3 cm³/mol. The zero-order valence-electron chi connectivity index (χ0n) is 10.5. The van der Waals surface area contributed by atoms with Gasteiger partial charge in [-0.05, 0) is 36.7 Å². The number of hydrogen-bond donors (Lipinski definition) is 1. The normalized spacial score (nSPS) is 14.0. The molecule has 0 aliphatic carbocycles. The second-order valence-electron chi connectivity index (χ2n) is 4.70. The average Bonchev–Trinajstić information content (AvgIpc) is 2.97. The van der Waals surface area contributed by atoms with Gasteiger partial charge in [0.2, 0.25) is 0 Å². The number of aromatic nitrogens is 1. The monoisotopic (exact) mass is 259 g/mol. The van der Waals surface area contributed by atoms with Gasteiger partial charge in [0.1, 0.15) is 5.01 Å². The number of anilines is 1. The molecule has 1 aliphatic rings. The smallest absolute Gasteiger partial charge is 0.123 e. The lowest BCUT2D eigenvalue weighted by molar-refractivity contribution is 0.936. The van der Waals surface area contributed by atoms with E-state index in [4.69, 9.17) is 5.73 Å². The Morgan fingerprint density at radius 1 is 1.44 bits per heavy atom. The molecule has 0 fully saturated rings. The van der Waals surface area contributed by atoms with Crippen molar-refractivity contribution < 1.29 is 0 Å². The number of thiazole rings is 1. The summed E-state index contributed by atoms with van der Waals surface area (Å²) in [6.07, 6.45) is 2.00. The zero-order valence-corrected chi connectivity index (χ0v) is 11.3. The first-order valence-corrected chi connectivity index (χ1v) is 7.15. The third-order valence-corrected chi connectivity index (χ3v) is 4.35. The molecule has 0 saturated heterocycles. The summed E-state index contributed by atoms with van der Waals surface area (Å²) >= 11 is 1.71. The number of fused-ring (bicyclic) bond motifs is 1. The van der Waals surface area contributed by atoms with Crippen molar-refractivity contribution in [1.29, 1.82) is 0 Å². The van der Waals surface area contributed by atoms with Gasteiger partial charge in [0, 0.05) is 36.6 Å². The van der Waals surface area contributed by atoms with Crippen molar-refractivity contribution in [2.75, 3.05) is 25.0 Å². The first kappa shape index (κ1) is 11.7. The van der Waals surface area contributed by atoms with Gasteiger partial charge in [-0.3, -0.25) is 0 Å². The lowest BCUT2D eigenvalue weighted by Crippen LogP contribution is -2.12. The van der Waals surface area contributed by atoms with Crippen LogP contribution in [0.3, 0.4) is 0 Å². The fourth-order valence-corrected chi connectivity index (χ4v) is 3.25. The number of benzene rings is 1. The third kappa shape index (κ3) is 2.02. The van der Waals surface area contributed by atoms with Crippen LogP contribution in [-0.4, -0.2) is 25.1 Å². The summed E-state index contributed by atoms with van der Waals surface area (Å²) in [4.78, 5) is 6.95. The minimum atomic E-state index is 0.665. The van der Waals surface area contributed by atoms with Crippen molar-refractivity contribution in [2.24, 2.45) is 5.73 Å². The van der Waals surface area contributed by atoms with Crippen LogP contribution in [0.2, 0.25) is 0 Å². The number of nitrogens with zero attached hydrogens (tertiary/aromatic N) is 2. The summed E-state index contributed by atoms with van der Waals surface area (Å²) in [6, 6.07) is 6.66. The molecule has 2 aromatic rings. The second kappa shape index (κ2) is 4.71. The summed E-state index contributed by atoms with van der Waals surface area (Å²) < 4.78 is 0. The fourth-order valence-electron chi connectivity index (χ4n) is 2.40. The Balaban J connectivity index is 1.92. The molecule has 1 aromatic carbocycles. The molecule has 3 rings (SSSR count). The van der Waals surface area contributed by atoms with Crippen LogP contribution in [0.15, 0.2) is 23.6 Å². The Morgan fingerprint density at radius 3 is 3.17 bits per heavy atom. The molecule has 0 unspecified atom stereocenters. The SMILES string of the molecule is CN1CCc2cc(-c3nc(CCN)cs3)ccc21. The summed E-state index contributed by atoms with van der Waals surface area (Å²) in [7, 11) is 2.15. The van der Waals surface area contributed by atoms with Gasteiger partial charge in [-0.2, -0.15) is 0 Å². The molecule has 1 aromatic heterocycles. The molecule has 0 spiro atoms. The molecule has 94 valence electrons. The predicted octanol–water partition coefficient (Wildman–Crippen LogP) is 2.30. The van der Waals surface area contributed by atoms with E-state index in [0.717, 1.165) is 30.1 Å². The maximum atomic E-state index is 5.56. The van der Waals surface area contributed by atoms with Gasteiger partial charge in [0.25, 0.3) is 0 Å². The quantitative estimate of drug-likeness (QED) is 0.919. The van der Waals surface area contributed by atoms with E-state index in [9.17, 15) is 0 Å². The minimum absolute atomic E-state index is 0.665. The number of hydrogen-bond acceptors (Lipinski definition) is 4. The van der Waals surface area contributed by atoms with Gasteiger partial charge in [0.15, 0.2) is 0 Å². The highest BCUT2D eigenvalue weighted by molar-refractivity contribution is 7.13. The van der Waals surface area contributed by atoms with Crippen molar-refractivity contribution in [1.82, 2.24) is 4.98 Å². The van der Waals surface area contributed by atoms with E-state index in [1.54, 1.807) is 11.3 Å². The van der Waals surface area contributed by atoms with Crippen LogP contribution in [0.5, 0.6) is 0 Å².